The fourth-order valence-electron chi connectivity index (χ4n) is 1.09. The van der Waals surface area contributed by atoms with Crippen LogP contribution in [0, 0.1) is 0 Å². The van der Waals surface area contributed by atoms with Crippen LogP contribution in [-0.2, 0) is 11.3 Å². The average Bonchev–Trinajstić information content (AvgIpc) is 2.17. The summed E-state index contributed by atoms with van der Waals surface area (Å²) in [4.78, 5) is 0. The van der Waals surface area contributed by atoms with E-state index in [9.17, 15) is 5.11 Å². The van der Waals surface area contributed by atoms with Crippen LogP contribution in [0.3, 0.4) is 0 Å². The molecule has 14 heavy (non-hydrogen) atoms. The van der Waals surface area contributed by atoms with Crippen molar-refractivity contribution in [3.63, 3.8) is 0 Å². The van der Waals surface area contributed by atoms with E-state index in [-0.39, 0.29) is 13.0 Å². The van der Waals surface area contributed by atoms with Crippen LogP contribution in [0.2, 0.25) is 0 Å². The number of rotatable bonds is 5. The van der Waals surface area contributed by atoms with E-state index in [1.807, 2.05) is 30.3 Å². The van der Waals surface area contributed by atoms with Gasteiger partial charge in [0.2, 0.25) is 0 Å². The highest BCUT2D eigenvalue weighted by Gasteiger charge is 2.19. The normalized spacial score (nSPS) is 15.1. The molecule has 0 amide bonds. The number of aliphatic hydroxyl groups is 2. The number of benzene rings is 1. The molecular formula is C11H16O3. The average molecular weight is 196 g/mol. The lowest BCUT2D eigenvalue weighted by Gasteiger charge is -2.22. The van der Waals surface area contributed by atoms with Gasteiger partial charge in [0.15, 0.2) is 5.79 Å². The third-order valence-electron chi connectivity index (χ3n) is 1.97. The number of hydrogen-bond acceptors (Lipinski definition) is 3. The first kappa shape index (κ1) is 11.2. The second-order valence-electron chi connectivity index (χ2n) is 3.42. The molecule has 3 heteroatoms. The van der Waals surface area contributed by atoms with E-state index in [2.05, 4.69) is 0 Å². The standard InChI is InChI=1S/C11H16O3/c1-11(13,7-8-12)14-9-10-5-3-2-4-6-10/h2-6,12-13H,7-9H2,1H3. The van der Waals surface area contributed by atoms with E-state index in [1.165, 1.54) is 0 Å². The van der Waals surface area contributed by atoms with Crippen LogP contribution in [0.1, 0.15) is 18.9 Å². The summed E-state index contributed by atoms with van der Waals surface area (Å²) in [5, 5.41) is 18.3. The Morgan fingerprint density at radius 1 is 1.29 bits per heavy atom. The third kappa shape index (κ3) is 3.87. The Hall–Kier alpha value is -0.900. The number of ether oxygens (including phenoxy) is 1. The predicted octanol–water partition coefficient (Wildman–Crippen LogP) is 1.29. The molecule has 78 valence electrons. The molecule has 1 aromatic rings. The molecule has 0 aromatic heterocycles. The van der Waals surface area contributed by atoms with Crippen molar-refractivity contribution in [3.8, 4) is 0 Å². The molecular weight excluding hydrogens is 180 g/mol. The van der Waals surface area contributed by atoms with Gasteiger partial charge in [0.05, 0.1) is 6.61 Å². The lowest BCUT2D eigenvalue weighted by molar-refractivity contribution is -0.205. The van der Waals surface area contributed by atoms with Crippen molar-refractivity contribution < 1.29 is 14.9 Å². The molecule has 0 aliphatic carbocycles. The van der Waals surface area contributed by atoms with Crippen LogP contribution in [0.4, 0.5) is 0 Å². The Morgan fingerprint density at radius 2 is 1.93 bits per heavy atom. The molecule has 0 aliphatic rings. The molecule has 0 bridgehead atoms. The topological polar surface area (TPSA) is 49.7 Å². The zero-order valence-corrected chi connectivity index (χ0v) is 8.31. The van der Waals surface area contributed by atoms with Crippen LogP contribution in [-0.4, -0.2) is 22.6 Å². The largest absolute Gasteiger partial charge is 0.396 e. The van der Waals surface area contributed by atoms with Gasteiger partial charge in [-0.2, -0.15) is 0 Å². The van der Waals surface area contributed by atoms with Crippen molar-refractivity contribution in [2.24, 2.45) is 0 Å². The quantitative estimate of drug-likeness (QED) is 0.698. The molecule has 1 aromatic carbocycles. The van der Waals surface area contributed by atoms with Crippen molar-refractivity contribution in [3.05, 3.63) is 35.9 Å². The van der Waals surface area contributed by atoms with Crippen LogP contribution in [0.5, 0.6) is 0 Å². The summed E-state index contributed by atoms with van der Waals surface area (Å²) in [6.45, 7) is 1.82. The summed E-state index contributed by atoms with van der Waals surface area (Å²) in [5.41, 5.74) is 1.01. The maximum absolute atomic E-state index is 9.59. The molecule has 0 spiro atoms. The van der Waals surface area contributed by atoms with Crippen LogP contribution in [0.15, 0.2) is 30.3 Å². The Labute approximate surface area is 84.0 Å². The Balaban J connectivity index is 2.40. The molecule has 0 heterocycles. The number of hydrogen-bond donors (Lipinski definition) is 2. The predicted molar refractivity (Wildman–Crippen MR) is 53.6 cm³/mol. The van der Waals surface area contributed by atoms with Gasteiger partial charge in [0, 0.05) is 13.0 Å². The van der Waals surface area contributed by atoms with Crippen LogP contribution in [0.25, 0.3) is 0 Å². The van der Waals surface area contributed by atoms with Crippen molar-refractivity contribution in [2.45, 2.75) is 25.7 Å². The van der Waals surface area contributed by atoms with Gasteiger partial charge in [-0.05, 0) is 12.5 Å². The highest BCUT2D eigenvalue weighted by molar-refractivity contribution is 5.13. The maximum Gasteiger partial charge on any atom is 0.165 e. The van der Waals surface area contributed by atoms with E-state index < -0.39 is 5.79 Å². The second-order valence-corrected chi connectivity index (χ2v) is 3.42. The fraction of sp³-hybridized carbons (Fsp3) is 0.455. The zero-order chi connectivity index (χ0) is 10.4. The smallest absolute Gasteiger partial charge is 0.165 e. The molecule has 0 radical (unpaired) electrons. The summed E-state index contributed by atoms with van der Waals surface area (Å²) in [5.74, 6) is -1.25. The third-order valence-corrected chi connectivity index (χ3v) is 1.97. The first-order chi connectivity index (χ1) is 6.64. The van der Waals surface area contributed by atoms with Gasteiger partial charge in [0.1, 0.15) is 0 Å². The molecule has 0 saturated carbocycles. The monoisotopic (exact) mass is 196 g/mol. The molecule has 0 saturated heterocycles. The van der Waals surface area contributed by atoms with Crippen molar-refractivity contribution in [2.75, 3.05) is 6.61 Å². The molecule has 1 rings (SSSR count). The summed E-state index contributed by atoms with van der Waals surface area (Å²) in [6.07, 6.45) is 0.222. The van der Waals surface area contributed by atoms with E-state index >= 15 is 0 Å². The van der Waals surface area contributed by atoms with Crippen molar-refractivity contribution >= 4 is 0 Å². The molecule has 1 atom stereocenters. The molecule has 2 N–H and O–H groups in total. The van der Waals surface area contributed by atoms with Crippen molar-refractivity contribution in [1.82, 2.24) is 0 Å². The highest BCUT2D eigenvalue weighted by atomic mass is 16.6. The summed E-state index contributed by atoms with van der Waals surface area (Å²) < 4.78 is 5.25. The van der Waals surface area contributed by atoms with Crippen molar-refractivity contribution in [1.29, 1.82) is 0 Å². The molecule has 3 nitrogen and oxygen atoms in total. The fourth-order valence-corrected chi connectivity index (χ4v) is 1.09. The minimum atomic E-state index is -1.25. The van der Waals surface area contributed by atoms with Gasteiger partial charge in [-0.25, -0.2) is 0 Å². The second kappa shape index (κ2) is 5.10. The minimum Gasteiger partial charge on any atom is -0.396 e. The van der Waals surface area contributed by atoms with Gasteiger partial charge in [-0.1, -0.05) is 30.3 Å². The Morgan fingerprint density at radius 3 is 2.50 bits per heavy atom. The zero-order valence-electron chi connectivity index (χ0n) is 8.31. The molecule has 0 fully saturated rings. The maximum atomic E-state index is 9.59. The van der Waals surface area contributed by atoms with Gasteiger partial charge >= 0.3 is 0 Å². The lowest BCUT2D eigenvalue weighted by atomic mass is 10.2. The van der Waals surface area contributed by atoms with Crippen LogP contribution < -0.4 is 0 Å². The highest BCUT2D eigenvalue weighted by Crippen LogP contribution is 2.13. The van der Waals surface area contributed by atoms with E-state index in [0.29, 0.717) is 6.61 Å². The minimum absolute atomic E-state index is 0.0816. The summed E-state index contributed by atoms with van der Waals surface area (Å²) in [7, 11) is 0. The Bertz CT molecular complexity index is 256. The van der Waals surface area contributed by atoms with Gasteiger partial charge in [-0.3, -0.25) is 0 Å². The van der Waals surface area contributed by atoms with Gasteiger partial charge in [0.25, 0.3) is 0 Å². The summed E-state index contributed by atoms with van der Waals surface area (Å²) in [6, 6.07) is 9.61. The van der Waals surface area contributed by atoms with Gasteiger partial charge in [-0.15, -0.1) is 0 Å². The van der Waals surface area contributed by atoms with Crippen LogP contribution >= 0.6 is 0 Å². The van der Waals surface area contributed by atoms with E-state index in [0.717, 1.165) is 5.56 Å². The lowest BCUT2D eigenvalue weighted by Crippen LogP contribution is -2.29. The number of aliphatic hydroxyl groups excluding tert-OH is 1. The first-order valence-electron chi connectivity index (χ1n) is 4.65. The van der Waals surface area contributed by atoms with E-state index in [4.69, 9.17) is 9.84 Å². The Kier molecular flexibility index (Phi) is 4.07. The van der Waals surface area contributed by atoms with E-state index in [1.54, 1.807) is 6.92 Å². The summed E-state index contributed by atoms with van der Waals surface area (Å²) >= 11 is 0. The molecule has 0 aliphatic heterocycles. The molecule has 1 unspecified atom stereocenters. The SMILES string of the molecule is CC(O)(CCO)OCc1ccccc1. The van der Waals surface area contributed by atoms with Gasteiger partial charge < -0.3 is 14.9 Å². The first-order valence-corrected chi connectivity index (χ1v) is 4.65.